The van der Waals surface area contributed by atoms with Gasteiger partial charge in [-0.15, -0.1) is 34.2 Å². The number of hydrogen-bond acceptors (Lipinski definition) is 6. The molecule has 0 unspecified atom stereocenters. The van der Waals surface area contributed by atoms with Crippen LogP contribution in [0.1, 0.15) is 33.0 Å². The first-order valence-electron chi connectivity index (χ1n) is 11.3. The molecule has 0 radical (unpaired) electrons. The number of aromatic nitrogens is 4. The topological polar surface area (TPSA) is 74.5 Å². The zero-order valence-corrected chi connectivity index (χ0v) is 22.8. The zero-order chi connectivity index (χ0) is 22.1. The van der Waals surface area contributed by atoms with Crippen LogP contribution in [0, 0.1) is 5.92 Å². The number of rotatable bonds is 9. The minimum atomic E-state index is 0. The standard InChI is InChI=1S/C22H36N8S.HI/c1-5-23-21(29-15-13-28(14-16-29)19-9-6-7-11-24-19)25-12-8-10-20-26-27-22(31-4)30(20)17-18(2)3;/h6-7,9,11,18H,5,8,10,12-17H2,1-4H3,(H,23,25);1H. The third kappa shape index (κ3) is 7.50. The molecule has 0 aliphatic carbocycles. The maximum Gasteiger partial charge on any atom is 0.194 e. The van der Waals surface area contributed by atoms with Crippen LogP contribution in [0.5, 0.6) is 0 Å². The maximum atomic E-state index is 4.90. The molecule has 1 aliphatic heterocycles. The van der Waals surface area contributed by atoms with Gasteiger partial charge >= 0.3 is 0 Å². The lowest BCUT2D eigenvalue weighted by molar-refractivity contribution is 0.371. The van der Waals surface area contributed by atoms with E-state index in [1.54, 1.807) is 11.8 Å². The van der Waals surface area contributed by atoms with Crippen molar-refractivity contribution >= 4 is 47.5 Å². The molecule has 8 nitrogen and oxygen atoms in total. The van der Waals surface area contributed by atoms with Gasteiger partial charge in [-0.1, -0.05) is 31.7 Å². The van der Waals surface area contributed by atoms with E-state index in [4.69, 9.17) is 4.99 Å². The summed E-state index contributed by atoms with van der Waals surface area (Å²) in [5.74, 6) is 3.71. The normalized spacial score (nSPS) is 14.6. The molecule has 1 N–H and O–H groups in total. The Labute approximate surface area is 213 Å². The first-order chi connectivity index (χ1) is 15.1. The van der Waals surface area contributed by atoms with Crippen molar-refractivity contribution in [1.29, 1.82) is 0 Å². The maximum absolute atomic E-state index is 4.90. The second kappa shape index (κ2) is 13.9. The minimum absolute atomic E-state index is 0. The third-order valence-electron chi connectivity index (χ3n) is 5.23. The van der Waals surface area contributed by atoms with Crippen LogP contribution in [-0.4, -0.2) is 76.1 Å². The Balaban J connectivity index is 0.00000363. The molecular weight excluding hydrogens is 535 g/mol. The SMILES string of the molecule is CCNC(=NCCCc1nnc(SC)n1CC(C)C)N1CCN(c2ccccn2)CC1.I. The van der Waals surface area contributed by atoms with Crippen molar-refractivity contribution in [3.63, 3.8) is 0 Å². The molecule has 2 aromatic rings. The fourth-order valence-electron chi connectivity index (χ4n) is 3.74. The summed E-state index contributed by atoms with van der Waals surface area (Å²) in [7, 11) is 0. The van der Waals surface area contributed by atoms with Crippen molar-refractivity contribution in [2.24, 2.45) is 10.9 Å². The van der Waals surface area contributed by atoms with E-state index in [9.17, 15) is 0 Å². The molecule has 1 fully saturated rings. The number of nitrogens with zero attached hydrogens (tertiary/aromatic N) is 7. The van der Waals surface area contributed by atoms with Crippen LogP contribution in [0.15, 0.2) is 34.5 Å². The Kier molecular flexibility index (Phi) is 11.6. The summed E-state index contributed by atoms with van der Waals surface area (Å²) in [6.07, 6.45) is 5.78. The number of aryl methyl sites for hydroxylation is 1. The van der Waals surface area contributed by atoms with Crippen LogP contribution in [0.2, 0.25) is 0 Å². The van der Waals surface area contributed by atoms with Gasteiger partial charge in [-0.3, -0.25) is 4.99 Å². The molecule has 0 amide bonds. The Bertz CT molecular complexity index is 819. The van der Waals surface area contributed by atoms with Crippen LogP contribution in [0.25, 0.3) is 0 Å². The number of guanidine groups is 1. The highest BCUT2D eigenvalue weighted by Gasteiger charge is 2.20. The lowest BCUT2D eigenvalue weighted by Crippen LogP contribution is -2.52. The summed E-state index contributed by atoms with van der Waals surface area (Å²) in [5.41, 5.74) is 0. The number of thioether (sulfide) groups is 1. The molecule has 0 spiro atoms. The van der Waals surface area contributed by atoms with E-state index in [0.717, 1.165) is 81.4 Å². The highest BCUT2D eigenvalue weighted by atomic mass is 127. The van der Waals surface area contributed by atoms with Crippen molar-refractivity contribution in [2.45, 2.75) is 45.3 Å². The van der Waals surface area contributed by atoms with Gasteiger partial charge in [-0.2, -0.15) is 0 Å². The van der Waals surface area contributed by atoms with Gasteiger partial charge in [-0.05, 0) is 37.7 Å². The van der Waals surface area contributed by atoms with Crippen LogP contribution >= 0.6 is 35.7 Å². The molecule has 32 heavy (non-hydrogen) atoms. The second-order valence-electron chi connectivity index (χ2n) is 8.11. The van der Waals surface area contributed by atoms with Crippen molar-refractivity contribution in [2.75, 3.05) is 50.4 Å². The number of piperazine rings is 1. The van der Waals surface area contributed by atoms with Crippen LogP contribution < -0.4 is 10.2 Å². The number of halogens is 1. The predicted molar refractivity (Wildman–Crippen MR) is 144 cm³/mol. The van der Waals surface area contributed by atoms with Crippen molar-refractivity contribution in [3.8, 4) is 0 Å². The monoisotopic (exact) mass is 572 g/mol. The van der Waals surface area contributed by atoms with Gasteiger partial charge in [0.2, 0.25) is 0 Å². The number of nitrogens with one attached hydrogen (secondary N) is 1. The second-order valence-corrected chi connectivity index (χ2v) is 8.88. The first-order valence-corrected chi connectivity index (χ1v) is 12.5. The predicted octanol–water partition coefficient (Wildman–Crippen LogP) is 3.39. The van der Waals surface area contributed by atoms with Crippen LogP contribution in [0.4, 0.5) is 5.82 Å². The molecular formula is C22H37IN8S. The molecule has 0 aromatic carbocycles. The van der Waals surface area contributed by atoms with Gasteiger partial charge in [0, 0.05) is 58.4 Å². The van der Waals surface area contributed by atoms with Crippen LogP contribution in [0.3, 0.4) is 0 Å². The zero-order valence-electron chi connectivity index (χ0n) is 19.7. The molecule has 1 saturated heterocycles. The Hall–Kier alpha value is -1.56. The summed E-state index contributed by atoms with van der Waals surface area (Å²) in [5, 5.41) is 13.2. The van der Waals surface area contributed by atoms with E-state index < -0.39 is 0 Å². The lowest BCUT2D eigenvalue weighted by Gasteiger charge is -2.37. The fourth-order valence-corrected chi connectivity index (χ4v) is 4.26. The minimum Gasteiger partial charge on any atom is -0.357 e. The number of hydrogen-bond donors (Lipinski definition) is 1. The van der Waals surface area contributed by atoms with E-state index in [0.29, 0.717) is 5.92 Å². The van der Waals surface area contributed by atoms with E-state index in [2.05, 4.69) is 68.0 Å². The smallest absolute Gasteiger partial charge is 0.194 e. The molecule has 3 heterocycles. The average Bonchev–Trinajstić information content (AvgIpc) is 3.17. The van der Waals surface area contributed by atoms with Gasteiger partial charge in [-0.25, -0.2) is 4.98 Å². The summed E-state index contributed by atoms with van der Waals surface area (Å²) in [4.78, 5) is 14.1. The van der Waals surface area contributed by atoms with E-state index in [-0.39, 0.29) is 24.0 Å². The number of anilines is 1. The Morgan fingerprint density at radius 3 is 2.59 bits per heavy atom. The Morgan fingerprint density at radius 2 is 1.97 bits per heavy atom. The van der Waals surface area contributed by atoms with E-state index in [1.165, 1.54) is 0 Å². The largest absolute Gasteiger partial charge is 0.357 e. The summed E-state index contributed by atoms with van der Waals surface area (Å²) in [6.45, 7) is 13.0. The molecule has 2 aromatic heterocycles. The summed E-state index contributed by atoms with van der Waals surface area (Å²) >= 11 is 1.66. The van der Waals surface area contributed by atoms with Crippen molar-refractivity contribution in [1.82, 2.24) is 30.0 Å². The molecule has 10 heteroatoms. The van der Waals surface area contributed by atoms with Gasteiger partial charge in [0.05, 0.1) is 0 Å². The highest BCUT2D eigenvalue weighted by Crippen LogP contribution is 2.17. The molecule has 1 aliphatic rings. The summed E-state index contributed by atoms with van der Waals surface area (Å²) < 4.78 is 2.26. The highest BCUT2D eigenvalue weighted by molar-refractivity contribution is 14.0. The van der Waals surface area contributed by atoms with Crippen LogP contribution in [-0.2, 0) is 13.0 Å². The quantitative estimate of drug-likeness (QED) is 0.162. The first kappa shape index (κ1) is 26.7. The third-order valence-corrected chi connectivity index (χ3v) is 5.90. The fraction of sp³-hybridized carbons (Fsp3) is 0.636. The lowest BCUT2D eigenvalue weighted by atomic mass is 10.2. The van der Waals surface area contributed by atoms with E-state index >= 15 is 0 Å². The van der Waals surface area contributed by atoms with E-state index in [1.807, 2.05) is 18.3 Å². The number of aliphatic imine (C=N–C) groups is 1. The summed E-state index contributed by atoms with van der Waals surface area (Å²) in [6, 6.07) is 6.09. The molecule has 178 valence electrons. The van der Waals surface area contributed by atoms with Gasteiger partial charge in [0.15, 0.2) is 11.1 Å². The van der Waals surface area contributed by atoms with Gasteiger partial charge in [0.25, 0.3) is 0 Å². The van der Waals surface area contributed by atoms with Crippen molar-refractivity contribution < 1.29 is 0 Å². The molecule has 0 saturated carbocycles. The van der Waals surface area contributed by atoms with Gasteiger partial charge < -0.3 is 19.7 Å². The molecule has 3 rings (SSSR count). The average molecular weight is 573 g/mol. The van der Waals surface area contributed by atoms with Crippen molar-refractivity contribution in [3.05, 3.63) is 30.2 Å². The molecule has 0 atom stereocenters. The Morgan fingerprint density at radius 1 is 1.19 bits per heavy atom. The number of pyridine rings is 1. The van der Waals surface area contributed by atoms with Gasteiger partial charge in [0.1, 0.15) is 11.6 Å². The molecule has 0 bridgehead atoms.